The third-order valence-electron chi connectivity index (χ3n) is 2.20. The van der Waals surface area contributed by atoms with Crippen molar-refractivity contribution in [3.05, 3.63) is 52.1 Å². The molecule has 0 atom stereocenters. The molecule has 0 saturated heterocycles. The molecular formula is C10H8FN3O3. The van der Waals surface area contributed by atoms with Gasteiger partial charge >= 0.3 is 0 Å². The Morgan fingerprint density at radius 2 is 2.24 bits per heavy atom. The Kier molecular flexibility index (Phi) is 2.84. The number of nitro benzene ring substituents is 1. The quantitative estimate of drug-likeness (QED) is 0.646. The van der Waals surface area contributed by atoms with E-state index in [1.54, 1.807) is 0 Å². The number of halogens is 1. The topological polar surface area (TPSA) is 81.2 Å². The fraction of sp³-hybridized carbons (Fsp3) is 0.100. The molecule has 88 valence electrons. The second-order valence-electron chi connectivity index (χ2n) is 3.27. The number of hydrogen-bond acceptors (Lipinski definition) is 4. The van der Waals surface area contributed by atoms with E-state index < -0.39 is 10.7 Å². The lowest BCUT2D eigenvalue weighted by molar-refractivity contribution is -0.384. The molecule has 0 unspecified atom stereocenters. The van der Waals surface area contributed by atoms with Crippen molar-refractivity contribution >= 4 is 5.69 Å². The number of benzene rings is 1. The molecule has 0 aliphatic heterocycles. The monoisotopic (exact) mass is 237 g/mol. The molecule has 2 rings (SSSR count). The number of rotatable bonds is 3. The van der Waals surface area contributed by atoms with Crippen LogP contribution in [0.2, 0.25) is 0 Å². The lowest BCUT2D eigenvalue weighted by atomic mass is 10.2. The highest BCUT2D eigenvalue weighted by atomic mass is 19.1. The van der Waals surface area contributed by atoms with Crippen LogP contribution in [0.5, 0.6) is 0 Å². The third kappa shape index (κ3) is 2.00. The van der Waals surface area contributed by atoms with E-state index >= 15 is 0 Å². The molecule has 1 N–H and O–H groups in total. The van der Waals surface area contributed by atoms with Crippen LogP contribution in [0.3, 0.4) is 0 Å². The third-order valence-corrected chi connectivity index (χ3v) is 2.20. The lowest BCUT2D eigenvalue weighted by Crippen LogP contribution is -2.04. The van der Waals surface area contributed by atoms with Crippen LogP contribution in [-0.2, 0) is 6.61 Å². The molecule has 0 radical (unpaired) electrons. The van der Waals surface area contributed by atoms with E-state index in [9.17, 15) is 14.5 Å². The summed E-state index contributed by atoms with van der Waals surface area (Å²) in [6.07, 6.45) is 1.36. The van der Waals surface area contributed by atoms with Crippen LogP contribution in [0.4, 0.5) is 10.1 Å². The Hall–Kier alpha value is -2.28. The Morgan fingerprint density at radius 3 is 2.82 bits per heavy atom. The van der Waals surface area contributed by atoms with Crippen molar-refractivity contribution in [3.63, 3.8) is 0 Å². The van der Waals surface area contributed by atoms with E-state index in [1.807, 2.05) is 0 Å². The van der Waals surface area contributed by atoms with Crippen LogP contribution in [0, 0.1) is 15.9 Å². The summed E-state index contributed by atoms with van der Waals surface area (Å²) in [7, 11) is 0. The summed E-state index contributed by atoms with van der Waals surface area (Å²) in [6, 6.07) is 5.02. The van der Waals surface area contributed by atoms with Crippen molar-refractivity contribution in [2.75, 3.05) is 0 Å². The molecule has 7 heteroatoms. The highest BCUT2D eigenvalue weighted by Gasteiger charge is 2.20. The Labute approximate surface area is 95.1 Å². The average Bonchev–Trinajstić information content (AvgIpc) is 2.76. The first-order chi connectivity index (χ1) is 8.13. The minimum Gasteiger partial charge on any atom is -0.390 e. The van der Waals surface area contributed by atoms with Gasteiger partial charge in [-0.15, -0.1) is 0 Å². The van der Waals surface area contributed by atoms with Crippen LogP contribution in [0.15, 0.2) is 30.5 Å². The second-order valence-corrected chi connectivity index (χ2v) is 3.27. The highest BCUT2D eigenvalue weighted by Crippen LogP contribution is 2.24. The Bertz CT molecular complexity index is 568. The molecule has 1 heterocycles. The SMILES string of the molecule is O=[N+]([O-])c1cccc(F)c1-n1ccc(CO)n1. The molecule has 1 aromatic carbocycles. The molecule has 0 bridgehead atoms. The molecular weight excluding hydrogens is 229 g/mol. The van der Waals surface area contributed by atoms with Crippen LogP contribution >= 0.6 is 0 Å². The van der Waals surface area contributed by atoms with Crippen LogP contribution in [-0.4, -0.2) is 19.8 Å². The Balaban J connectivity index is 2.61. The minimum absolute atomic E-state index is 0.239. The van der Waals surface area contributed by atoms with Gasteiger partial charge in [-0.3, -0.25) is 10.1 Å². The van der Waals surface area contributed by atoms with E-state index in [0.717, 1.165) is 10.7 Å². The largest absolute Gasteiger partial charge is 0.390 e. The molecule has 0 amide bonds. The number of aliphatic hydroxyl groups excluding tert-OH is 1. The molecule has 17 heavy (non-hydrogen) atoms. The number of aliphatic hydroxyl groups is 1. The molecule has 0 aliphatic rings. The standard InChI is InChI=1S/C10H8FN3O3/c11-8-2-1-3-9(14(16)17)10(8)13-5-4-7(6-15)12-13/h1-5,15H,6H2. The van der Waals surface area contributed by atoms with Gasteiger partial charge in [0, 0.05) is 12.3 Å². The first kappa shape index (κ1) is 11.2. The maximum atomic E-state index is 13.6. The second kappa shape index (κ2) is 4.30. The van der Waals surface area contributed by atoms with Crippen molar-refractivity contribution in [1.29, 1.82) is 0 Å². The molecule has 6 nitrogen and oxygen atoms in total. The zero-order valence-corrected chi connectivity index (χ0v) is 8.58. The van der Waals surface area contributed by atoms with Gasteiger partial charge in [-0.2, -0.15) is 5.10 Å². The average molecular weight is 237 g/mol. The number of hydrogen-bond donors (Lipinski definition) is 1. The van der Waals surface area contributed by atoms with Crippen LogP contribution in [0.25, 0.3) is 5.69 Å². The van der Waals surface area contributed by atoms with Gasteiger partial charge in [0.25, 0.3) is 5.69 Å². The molecule has 0 spiro atoms. The summed E-state index contributed by atoms with van der Waals surface area (Å²) in [6.45, 7) is -0.310. The maximum absolute atomic E-state index is 13.6. The molecule has 1 aromatic heterocycles. The van der Waals surface area contributed by atoms with Gasteiger partial charge in [0.05, 0.1) is 17.2 Å². The van der Waals surface area contributed by atoms with E-state index in [-0.39, 0.29) is 18.0 Å². The normalized spacial score (nSPS) is 10.5. The van der Waals surface area contributed by atoms with Gasteiger partial charge in [0.15, 0.2) is 11.5 Å². The summed E-state index contributed by atoms with van der Waals surface area (Å²) in [5.41, 5.74) is -0.308. The predicted octanol–water partition coefficient (Wildman–Crippen LogP) is 1.41. The van der Waals surface area contributed by atoms with Gasteiger partial charge in [-0.1, -0.05) is 6.07 Å². The van der Waals surface area contributed by atoms with Crippen molar-refractivity contribution in [2.24, 2.45) is 0 Å². The van der Waals surface area contributed by atoms with Crippen LogP contribution in [0.1, 0.15) is 5.69 Å². The van der Waals surface area contributed by atoms with Gasteiger partial charge < -0.3 is 5.11 Å². The summed E-state index contributed by atoms with van der Waals surface area (Å²) in [5.74, 6) is -0.744. The summed E-state index contributed by atoms with van der Waals surface area (Å²) >= 11 is 0. The van der Waals surface area contributed by atoms with Gasteiger partial charge in [0.2, 0.25) is 0 Å². The predicted molar refractivity (Wildman–Crippen MR) is 56.1 cm³/mol. The number of nitro groups is 1. The summed E-state index contributed by atoms with van der Waals surface area (Å²) in [5, 5.41) is 23.4. The highest BCUT2D eigenvalue weighted by molar-refractivity contribution is 5.52. The Morgan fingerprint density at radius 1 is 1.47 bits per heavy atom. The van der Waals surface area contributed by atoms with Crippen LogP contribution < -0.4 is 0 Å². The van der Waals surface area contributed by atoms with Gasteiger partial charge in [-0.05, 0) is 12.1 Å². The summed E-state index contributed by atoms with van der Waals surface area (Å²) in [4.78, 5) is 10.1. The lowest BCUT2D eigenvalue weighted by Gasteiger charge is -2.03. The molecule has 0 aliphatic carbocycles. The minimum atomic E-state index is -0.744. The number of aromatic nitrogens is 2. The number of nitrogens with zero attached hydrogens (tertiary/aromatic N) is 3. The van der Waals surface area contributed by atoms with Crippen molar-refractivity contribution in [3.8, 4) is 5.69 Å². The molecule has 2 aromatic rings. The van der Waals surface area contributed by atoms with E-state index in [0.29, 0.717) is 5.69 Å². The van der Waals surface area contributed by atoms with E-state index in [2.05, 4.69) is 5.10 Å². The fourth-order valence-electron chi connectivity index (χ4n) is 1.45. The van der Waals surface area contributed by atoms with E-state index in [4.69, 9.17) is 5.11 Å². The van der Waals surface area contributed by atoms with Crippen molar-refractivity contribution in [1.82, 2.24) is 9.78 Å². The van der Waals surface area contributed by atoms with Gasteiger partial charge in [0.1, 0.15) is 0 Å². The maximum Gasteiger partial charge on any atom is 0.297 e. The first-order valence-electron chi connectivity index (χ1n) is 4.72. The van der Waals surface area contributed by atoms with E-state index in [1.165, 1.54) is 24.4 Å². The molecule has 0 saturated carbocycles. The summed E-state index contributed by atoms with van der Waals surface area (Å²) < 4.78 is 14.6. The zero-order chi connectivity index (χ0) is 12.4. The first-order valence-corrected chi connectivity index (χ1v) is 4.72. The smallest absolute Gasteiger partial charge is 0.297 e. The zero-order valence-electron chi connectivity index (χ0n) is 8.58. The van der Waals surface area contributed by atoms with Crippen molar-refractivity contribution < 1.29 is 14.4 Å². The van der Waals surface area contributed by atoms with Gasteiger partial charge in [-0.25, -0.2) is 9.07 Å². The number of para-hydroxylation sites is 1. The fourth-order valence-corrected chi connectivity index (χ4v) is 1.45. The molecule has 0 fully saturated rings. The van der Waals surface area contributed by atoms with Crippen molar-refractivity contribution in [2.45, 2.75) is 6.61 Å².